The Labute approximate surface area is 115 Å². The van der Waals surface area contributed by atoms with Crippen LogP contribution in [0.4, 0.5) is 0 Å². The van der Waals surface area contributed by atoms with Crippen molar-refractivity contribution < 1.29 is 9.90 Å². The van der Waals surface area contributed by atoms with E-state index in [1.807, 2.05) is 0 Å². The molecule has 0 aliphatic carbocycles. The highest BCUT2D eigenvalue weighted by molar-refractivity contribution is 5.84. The van der Waals surface area contributed by atoms with E-state index in [0.29, 0.717) is 18.0 Å². The van der Waals surface area contributed by atoms with Crippen LogP contribution in [-0.4, -0.2) is 47.2 Å². The monoisotopic (exact) mass is 266 g/mol. The number of amides is 1. The fourth-order valence-corrected chi connectivity index (χ4v) is 4.36. The number of piperidine rings is 2. The van der Waals surface area contributed by atoms with Gasteiger partial charge in [-0.25, -0.2) is 0 Å². The summed E-state index contributed by atoms with van der Waals surface area (Å²) in [5, 5.41) is 13.3. The van der Waals surface area contributed by atoms with Crippen molar-refractivity contribution in [2.24, 2.45) is 5.41 Å². The van der Waals surface area contributed by atoms with Crippen molar-refractivity contribution in [3.8, 4) is 0 Å². The third-order valence-corrected chi connectivity index (χ3v) is 5.55. The fourth-order valence-electron chi connectivity index (χ4n) is 4.36. The highest BCUT2D eigenvalue weighted by Gasteiger charge is 2.49. The van der Waals surface area contributed by atoms with Crippen LogP contribution >= 0.6 is 0 Å². The number of carbonyl (C=O) groups excluding carboxylic acids is 1. The first kappa shape index (κ1) is 13.4. The largest absolute Gasteiger partial charge is 0.393 e. The molecule has 2 N–H and O–H groups in total. The fraction of sp³-hybridized carbons (Fsp3) is 0.933. The molecule has 0 aromatic carbocycles. The predicted molar refractivity (Wildman–Crippen MR) is 73.7 cm³/mol. The molecule has 1 amide bonds. The second-order valence-corrected chi connectivity index (χ2v) is 6.64. The van der Waals surface area contributed by atoms with Gasteiger partial charge < -0.3 is 15.3 Å². The molecule has 0 aromatic heterocycles. The van der Waals surface area contributed by atoms with Crippen LogP contribution in [0.15, 0.2) is 0 Å². The lowest BCUT2D eigenvalue weighted by molar-refractivity contribution is -0.150. The lowest BCUT2D eigenvalue weighted by Gasteiger charge is -2.45. The minimum atomic E-state index is -0.191. The molecule has 0 aromatic rings. The molecule has 3 saturated heterocycles. The van der Waals surface area contributed by atoms with Crippen molar-refractivity contribution in [1.29, 1.82) is 0 Å². The summed E-state index contributed by atoms with van der Waals surface area (Å²) in [5.74, 6) is 0.363. The van der Waals surface area contributed by atoms with Crippen LogP contribution in [0.2, 0.25) is 0 Å². The number of aliphatic hydroxyl groups is 1. The first-order valence-corrected chi connectivity index (χ1v) is 7.88. The van der Waals surface area contributed by atoms with Crippen LogP contribution in [-0.2, 0) is 4.79 Å². The zero-order valence-corrected chi connectivity index (χ0v) is 11.9. The van der Waals surface area contributed by atoms with Gasteiger partial charge >= 0.3 is 0 Å². The minimum Gasteiger partial charge on any atom is -0.393 e. The third kappa shape index (κ3) is 2.19. The topological polar surface area (TPSA) is 52.6 Å². The van der Waals surface area contributed by atoms with Gasteiger partial charge in [-0.2, -0.15) is 0 Å². The van der Waals surface area contributed by atoms with Gasteiger partial charge in [0.25, 0.3) is 0 Å². The third-order valence-electron chi connectivity index (χ3n) is 5.55. The van der Waals surface area contributed by atoms with Crippen LogP contribution < -0.4 is 5.32 Å². The molecular weight excluding hydrogens is 240 g/mol. The van der Waals surface area contributed by atoms with E-state index in [4.69, 9.17) is 0 Å². The Morgan fingerprint density at radius 3 is 2.58 bits per heavy atom. The molecular formula is C15H26N2O2. The summed E-state index contributed by atoms with van der Waals surface area (Å²) < 4.78 is 0. The van der Waals surface area contributed by atoms with Gasteiger partial charge in [-0.15, -0.1) is 0 Å². The Balaban J connectivity index is 1.79. The Morgan fingerprint density at radius 2 is 2.05 bits per heavy atom. The van der Waals surface area contributed by atoms with Gasteiger partial charge in [0, 0.05) is 18.6 Å². The summed E-state index contributed by atoms with van der Waals surface area (Å²) in [6, 6.07) is 0.596. The van der Waals surface area contributed by atoms with Crippen LogP contribution in [0, 0.1) is 5.41 Å². The Bertz CT molecular complexity index is 338. The molecule has 108 valence electrons. The number of hydrogen-bond donors (Lipinski definition) is 2. The van der Waals surface area contributed by atoms with Crippen LogP contribution in [0.5, 0.6) is 0 Å². The smallest absolute Gasteiger partial charge is 0.230 e. The molecule has 4 nitrogen and oxygen atoms in total. The number of nitrogens with zero attached hydrogens (tertiary/aromatic N) is 1. The molecule has 3 atom stereocenters. The number of aliphatic hydroxyl groups excluding tert-OH is 1. The molecule has 3 unspecified atom stereocenters. The van der Waals surface area contributed by atoms with Gasteiger partial charge in [0.05, 0.1) is 11.5 Å². The molecule has 3 aliphatic rings. The predicted octanol–water partition coefficient (Wildman–Crippen LogP) is 1.28. The maximum Gasteiger partial charge on any atom is 0.230 e. The molecule has 19 heavy (non-hydrogen) atoms. The zero-order valence-electron chi connectivity index (χ0n) is 11.9. The summed E-state index contributed by atoms with van der Waals surface area (Å²) in [4.78, 5) is 15.2. The van der Waals surface area contributed by atoms with Gasteiger partial charge in [-0.3, -0.25) is 4.79 Å². The minimum absolute atomic E-state index is 0.179. The van der Waals surface area contributed by atoms with E-state index in [-0.39, 0.29) is 11.5 Å². The highest BCUT2D eigenvalue weighted by Crippen LogP contribution is 2.41. The molecule has 3 rings (SSSR count). The lowest BCUT2D eigenvalue weighted by atomic mass is 9.76. The second kappa shape index (κ2) is 5.06. The molecule has 0 radical (unpaired) electrons. The van der Waals surface area contributed by atoms with Gasteiger partial charge in [0.15, 0.2) is 0 Å². The zero-order chi connectivity index (χ0) is 13.5. The lowest BCUT2D eigenvalue weighted by Crippen LogP contribution is -2.57. The number of carbonyl (C=O) groups is 1. The molecule has 2 bridgehead atoms. The van der Waals surface area contributed by atoms with Gasteiger partial charge in [0.1, 0.15) is 0 Å². The summed E-state index contributed by atoms with van der Waals surface area (Å²) in [6.45, 7) is 4.02. The van der Waals surface area contributed by atoms with Gasteiger partial charge in [-0.05, 0) is 51.5 Å². The maximum atomic E-state index is 13.1. The second-order valence-electron chi connectivity index (χ2n) is 6.64. The number of nitrogens with one attached hydrogen (secondary N) is 1. The Hall–Kier alpha value is -0.610. The van der Waals surface area contributed by atoms with E-state index in [1.165, 1.54) is 0 Å². The van der Waals surface area contributed by atoms with E-state index < -0.39 is 0 Å². The van der Waals surface area contributed by atoms with E-state index in [2.05, 4.69) is 17.1 Å². The van der Waals surface area contributed by atoms with Crippen molar-refractivity contribution >= 4 is 5.91 Å². The SMILES string of the molecule is CCC1(C(=O)N2C3CCC2CC(O)C3)CCCNC1. The van der Waals surface area contributed by atoms with Gasteiger partial charge in [-0.1, -0.05) is 6.92 Å². The summed E-state index contributed by atoms with van der Waals surface area (Å²) >= 11 is 0. The highest BCUT2D eigenvalue weighted by atomic mass is 16.3. The molecule has 4 heteroatoms. The average Bonchev–Trinajstić information content (AvgIpc) is 2.70. The molecule has 3 aliphatic heterocycles. The number of hydrogen-bond acceptors (Lipinski definition) is 3. The number of fused-ring (bicyclic) bond motifs is 2. The van der Waals surface area contributed by atoms with Crippen molar-refractivity contribution in [1.82, 2.24) is 10.2 Å². The van der Waals surface area contributed by atoms with E-state index in [9.17, 15) is 9.90 Å². The van der Waals surface area contributed by atoms with Crippen molar-refractivity contribution in [3.05, 3.63) is 0 Å². The van der Waals surface area contributed by atoms with Crippen molar-refractivity contribution in [3.63, 3.8) is 0 Å². The Kier molecular flexibility index (Phi) is 3.56. The number of rotatable bonds is 2. The van der Waals surface area contributed by atoms with Crippen molar-refractivity contribution in [2.75, 3.05) is 13.1 Å². The van der Waals surface area contributed by atoms with Gasteiger partial charge in [0.2, 0.25) is 5.91 Å². The van der Waals surface area contributed by atoms with Crippen molar-refractivity contribution in [2.45, 2.75) is 70.1 Å². The van der Waals surface area contributed by atoms with E-state index in [1.54, 1.807) is 0 Å². The van der Waals surface area contributed by atoms with E-state index >= 15 is 0 Å². The van der Waals surface area contributed by atoms with Crippen LogP contribution in [0.25, 0.3) is 0 Å². The summed E-state index contributed by atoms with van der Waals surface area (Å²) in [5.41, 5.74) is -0.179. The quantitative estimate of drug-likeness (QED) is 0.791. The molecule has 0 saturated carbocycles. The first-order valence-electron chi connectivity index (χ1n) is 7.88. The average molecular weight is 266 g/mol. The van der Waals surface area contributed by atoms with E-state index in [0.717, 1.165) is 58.0 Å². The standard InChI is InChI=1S/C15H26N2O2/c1-2-15(6-3-7-16-10-15)14(19)17-11-4-5-12(17)9-13(18)8-11/h11-13,16,18H,2-10H2,1H3. The molecule has 0 spiro atoms. The maximum absolute atomic E-state index is 13.1. The van der Waals surface area contributed by atoms with Crippen LogP contribution in [0.3, 0.4) is 0 Å². The molecule has 3 heterocycles. The molecule has 3 fully saturated rings. The summed E-state index contributed by atoms with van der Waals surface area (Å²) in [7, 11) is 0. The van der Waals surface area contributed by atoms with Crippen LogP contribution in [0.1, 0.15) is 51.9 Å². The summed E-state index contributed by atoms with van der Waals surface area (Å²) in [6.07, 6.45) is 6.60. The Morgan fingerprint density at radius 1 is 1.37 bits per heavy atom. The first-order chi connectivity index (χ1) is 9.16. The normalized spacial score (nSPS) is 42.4.